The highest BCUT2D eigenvalue weighted by molar-refractivity contribution is 5.91. The first-order valence-corrected chi connectivity index (χ1v) is 7.67. The quantitative estimate of drug-likeness (QED) is 0.788. The van der Waals surface area contributed by atoms with Gasteiger partial charge in [0.1, 0.15) is 0 Å². The van der Waals surface area contributed by atoms with E-state index in [9.17, 15) is 4.79 Å². The third-order valence-electron chi connectivity index (χ3n) is 4.33. The lowest BCUT2D eigenvalue weighted by Crippen LogP contribution is -2.48. The maximum absolute atomic E-state index is 12.7. The Morgan fingerprint density at radius 2 is 1.86 bits per heavy atom. The van der Waals surface area contributed by atoms with E-state index < -0.39 is 0 Å². The van der Waals surface area contributed by atoms with Crippen molar-refractivity contribution in [1.29, 1.82) is 0 Å². The second-order valence-corrected chi connectivity index (χ2v) is 6.79. The van der Waals surface area contributed by atoms with Crippen molar-refractivity contribution < 1.29 is 4.79 Å². The summed E-state index contributed by atoms with van der Waals surface area (Å²) >= 11 is 0. The zero-order chi connectivity index (χ0) is 15.6. The van der Waals surface area contributed by atoms with Crippen molar-refractivity contribution in [3.8, 4) is 0 Å². The fourth-order valence-electron chi connectivity index (χ4n) is 2.70. The highest BCUT2D eigenvalue weighted by atomic mass is 16.2. The molecule has 0 aliphatic heterocycles. The Hall–Kier alpha value is -1.55. The van der Waals surface area contributed by atoms with Crippen LogP contribution in [0.15, 0.2) is 24.3 Å². The summed E-state index contributed by atoms with van der Waals surface area (Å²) in [5.74, 6) is 0.575. The van der Waals surface area contributed by atoms with Crippen LogP contribution in [0.3, 0.4) is 0 Å². The number of benzene rings is 1. The predicted molar refractivity (Wildman–Crippen MR) is 87.1 cm³/mol. The zero-order valence-corrected chi connectivity index (χ0v) is 13.5. The van der Waals surface area contributed by atoms with E-state index in [1.54, 1.807) is 0 Å². The van der Waals surface area contributed by atoms with Crippen LogP contribution in [0.1, 0.15) is 32.3 Å². The summed E-state index contributed by atoms with van der Waals surface area (Å²) in [6.07, 6.45) is 1.85. The van der Waals surface area contributed by atoms with Gasteiger partial charge in [-0.25, -0.2) is 0 Å². The minimum absolute atomic E-state index is 0.160. The van der Waals surface area contributed by atoms with Gasteiger partial charge in [0.2, 0.25) is 5.91 Å². The molecule has 1 amide bonds. The van der Waals surface area contributed by atoms with Gasteiger partial charge < -0.3 is 16.0 Å². The Balaban J connectivity index is 2.10. The second kappa shape index (κ2) is 6.06. The number of amides is 1. The van der Waals surface area contributed by atoms with Gasteiger partial charge in [-0.2, -0.15) is 0 Å². The van der Waals surface area contributed by atoms with Gasteiger partial charge in [-0.15, -0.1) is 0 Å². The molecule has 1 aliphatic carbocycles. The van der Waals surface area contributed by atoms with Crippen molar-refractivity contribution in [3.63, 3.8) is 0 Å². The average molecular weight is 289 g/mol. The molecule has 1 aliphatic rings. The van der Waals surface area contributed by atoms with E-state index >= 15 is 0 Å². The smallest absolute Gasteiger partial charge is 0.230 e. The molecule has 1 atom stereocenters. The summed E-state index contributed by atoms with van der Waals surface area (Å²) < 4.78 is 0. The summed E-state index contributed by atoms with van der Waals surface area (Å²) in [7, 11) is 4.07. The lowest BCUT2D eigenvalue weighted by molar-refractivity contribution is -0.124. The van der Waals surface area contributed by atoms with Gasteiger partial charge in [0.15, 0.2) is 0 Å². The number of nitrogens with one attached hydrogen (secondary N) is 1. The van der Waals surface area contributed by atoms with Crippen molar-refractivity contribution in [2.75, 3.05) is 26.4 Å². The number of nitrogens with zero attached hydrogens (tertiary/aromatic N) is 1. The van der Waals surface area contributed by atoms with Crippen LogP contribution in [-0.2, 0) is 10.2 Å². The van der Waals surface area contributed by atoms with Crippen molar-refractivity contribution in [2.45, 2.75) is 38.1 Å². The maximum atomic E-state index is 12.7. The molecule has 0 heterocycles. The molecule has 116 valence electrons. The van der Waals surface area contributed by atoms with Crippen LogP contribution < -0.4 is 11.1 Å². The van der Waals surface area contributed by atoms with Gasteiger partial charge in [0, 0.05) is 18.3 Å². The highest BCUT2D eigenvalue weighted by Gasteiger charge is 2.51. The molecule has 0 saturated heterocycles. The first-order chi connectivity index (χ1) is 9.85. The number of hydrogen-bond acceptors (Lipinski definition) is 3. The molecule has 21 heavy (non-hydrogen) atoms. The lowest BCUT2D eigenvalue weighted by atomic mass is 9.93. The highest BCUT2D eigenvalue weighted by Crippen LogP contribution is 2.48. The molecule has 1 aromatic rings. The molecule has 1 saturated carbocycles. The summed E-state index contributed by atoms with van der Waals surface area (Å²) in [5, 5.41) is 3.25. The summed E-state index contributed by atoms with van der Waals surface area (Å²) in [5.41, 5.74) is 7.23. The van der Waals surface area contributed by atoms with E-state index in [0.717, 1.165) is 30.6 Å². The Kier molecular flexibility index (Phi) is 4.57. The largest absolute Gasteiger partial charge is 0.399 e. The Morgan fingerprint density at radius 1 is 1.29 bits per heavy atom. The third-order valence-corrected chi connectivity index (χ3v) is 4.33. The summed E-state index contributed by atoms with van der Waals surface area (Å²) in [6.45, 7) is 5.16. The summed E-state index contributed by atoms with van der Waals surface area (Å²) in [4.78, 5) is 14.9. The molecular weight excluding hydrogens is 262 g/mol. The molecular formula is C17H27N3O. The Labute approximate surface area is 127 Å². The number of hydrogen-bond donors (Lipinski definition) is 2. The fourth-order valence-corrected chi connectivity index (χ4v) is 2.70. The molecule has 3 N–H and O–H groups in total. The topological polar surface area (TPSA) is 58.4 Å². The number of nitrogen functional groups attached to an aromatic ring is 1. The van der Waals surface area contributed by atoms with Gasteiger partial charge in [-0.1, -0.05) is 26.0 Å². The van der Waals surface area contributed by atoms with E-state index in [1.807, 2.05) is 38.4 Å². The molecule has 2 rings (SSSR count). The normalized spacial score (nSPS) is 17.8. The van der Waals surface area contributed by atoms with Gasteiger partial charge >= 0.3 is 0 Å². The molecule has 1 aromatic carbocycles. The van der Waals surface area contributed by atoms with Gasteiger partial charge in [0.25, 0.3) is 0 Å². The summed E-state index contributed by atoms with van der Waals surface area (Å²) in [6, 6.07) is 7.90. The van der Waals surface area contributed by atoms with E-state index in [1.165, 1.54) is 0 Å². The average Bonchev–Trinajstić information content (AvgIpc) is 3.19. The number of carbonyl (C=O) groups is 1. The lowest BCUT2D eigenvalue weighted by Gasteiger charge is -2.28. The van der Waals surface area contributed by atoms with Crippen LogP contribution in [0.4, 0.5) is 5.69 Å². The van der Waals surface area contributed by atoms with E-state index in [-0.39, 0.29) is 17.4 Å². The predicted octanol–water partition coefficient (Wildman–Crippen LogP) is 2.00. The molecule has 4 nitrogen and oxygen atoms in total. The van der Waals surface area contributed by atoms with Crippen molar-refractivity contribution in [2.24, 2.45) is 5.92 Å². The molecule has 0 radical (unpaired) electrons. The van der Waals surface area contributed by atoms with Gasteiger partial charge in [-0.05, 0) is 50.6 Å². The van der Waals surface area contributed by atoms with E-state index in [4.69, 9.17) is 5.73 Å². The number of rotatable bonds is 6. The number of anilines is 1. The van der Waals surface area contributed by atoms with Crippen molar-refractivity contribution in [1.82, 2.24) is 10.2 Å². The monoisotopic (exact) mass is 289 g/mol. The number of carbonyl (C=O) groups excluding carboxylic acids is 1. The minimum atomic E-state index is -0.326. The minimum Gasteiger partial charge on any atom is -0.399 e. The molecule has 0 spiro atoms. The van der Waals surface area contributed by atoms with Crippen molar-refractivity contribution in [3.05, 3.63) is 29.8 Å². The maximum Gasteiger partial charge on any atom is 0.230 e. The van der Waals surface area contributed by atoms with Crippen LogP contribution in [0.5, 0.6) is 0 Å². The van der Waals surface area contributed by atoms with Crippen LogP contribution in [-0.4, -0.2) is 37.5 Å². The molecule has 4 heteroatoms. The SMILES string of the molecule is CC(C)C(CN(C)C)NC(=O)C1(c2ccc(N)cc2)CC1. The molecule has 1 fully saturated rings. The first kappa shape index (κ1) is 15.8. The third kappa shape index (κ3) is 3.56. The Bertz CT molecular complexity index is 489. The second-order valence-electron chi connectivity index (χ2n) is 6.79. The molecule has 1 unspecified atom stereocenters. The van der Waals surface area contributed by atoms with Gasteiger partial charge in [0.05, 0.1) is 5.41 Å². The van der Waals surface area contributed by atoms with Gasteiger partial charge in [-0.3, -0.25) is 4.79 Å². The van der Waals surface area contributed by atoms with Crippen LogP contribution in [0.2, 0.25) is 0 Å². The standard InChI is InChI=1S/C17H27N3O/c1-12(2)15(11-20(3)4)19-16(21)17(9-10-17)13-5-7-14(18)8-6-13/h5-8,12,15H,9-11,18H2,1-4H3,(H,19,21). The molecule has 0 aromatic heterocycles. The molecule has 0 bridgehead atoms. The van der Waals surface area contributed by atoms with E-state index in [2.05, 4.69) is 24.1 Å². The number of nitrogens with two attached hydrogens (primary N) is 1. The van der Waals surface area contributed by atoms with Crippen LogP contribution in [0.25, 0.3) is 0 Å². The zero-order valence-electron chi connectivity index (χ0n) is 13.5. The van der Waals surface area contributed by atoms with Crippen LogP contribution >= 0.6 is 0 Å². The first-order valence-electron chi connectivity index (χ1n) is 7.67. The fraction of sp³-hybridized carbons (Fsp3) is 0.588. The van der Waals surface area contributed by atoms with Crippen LogP contribution in [0, 0.1) is 5.92 Å². The van der Waals surface area contributed by atoms with E-state index in [0.29, 0.717) is 5.92 Å². The van der Waals surface area contributed by atoms with Crippen molar-refractivity contribution >= 4 is 11.6 Å². The number of likely N-dealkylation sites (N-methyl/N-ethyl adjacent to an activating group) is 1. The Morgan fingerprint density at radius 3 is 2.29 bits per heavy atom.